The first-order valence-corrected chi connectivity index (χ1v) is 8.04. The predicted octanol–water partition coefficient (Wildman–Crippen LogP) is 2.50. The monoisotopic (exact) mass is 268 g/mol. The fraction of sp³-hybridized carbons (Fsp3) is 1.00. The van der Waals surface area contributed by atoms with E-state index in [1.54, 1.807) is 7.11 Å². The molecule has 0 aliphatic heterocycles. The van der Waals surface area contributed by atoms with Crippen molar-refractivity contribution in [3.8, 4) is 0 Å². The smallest absolute Gasteiger partial charge is 0.0589 e. The van der Waals surface area contributed by atoms with E-state index in [4.69, 9.17) is 10.5 Å². The van der Waals surface area contributed by atoms with Crippen LogP contribution in [0.3, 0.4) is 0 Å². The van der Waals surface area contributed by atoms with Crippen LogP contribution in [-0.4, -0.2) is 43.3 Å². The molecule has 0 spiro atoms. The largest absolute Gasteiger partial charge is 0.383 e. The molecule has 2 fully saturated rings. The van der Waals surface area contributed by atoms with Crippen molar-refractivity contribution in [2.75, 3.05) is 20.3 Å². The highest BCUT2D eigenvalue weighted by Gasteiger charge is 2.41. The van der Waals surface area contributed by atoms with Gasteiger partial charge in [-0.15, -0.1) is 0 Å². The van der Waals surface area contributed by atoms with Gasteiger partial charge in [0.2, 0.25) is 0 Å². The third-order valence-electron chi connectivity index (χ3n) is 5.23. The molecule has 0 aromatic carbocycles. The number of hydrogen-bond acceptors (Lipinski definition) is 3. The first-order valence-electron chi connectivity index (χ1n) is 8.04. The van der Waals surface area contributed by atoms with Crippen LogP contribution >= 0.6 is 0 Å². The number of nitrogens with zero attached hydrogens (tertiary/aromatic N) is 1. The Labute approximate surface area is 118 Å². The SMILES string of the molecule is COCCN(C(C)C1CC1)C1C(C)CC(C)CC1N. The maximum absolute atomic E-state index is 6.51. The Balaban J connectivity index is 2.06. The molecule has 2 aliphatic rings. The quantitative estimate of drug-likeness (QED) is 0.804. The van der Waals surface area contributed by atoms with Gasteiger partial charge in [-0.3, -0.25) is 4.90 Å². The van der Waals surface area contributed by atoms with Crippen molar-refractivity contribution in [1.82, 2.24) is 4.90 Å². The molecule has 3 nitrogen and oxygen atoms in total. The Kier molecular flexibility index (Phi) is 5.27. The van der Waals surface area contributed by atoms with Gasteiger partial charge in [0, 0.05) is 31.8 Å². The Morgan fingerprint density at radius 3 is 2.47 bits per heavy atom. The van der Waals surface area contributed by atoms with Crippen LogP contribution in [-0.2, 0) is 4.74 Å². The number of ether oxygens (including phenoxy) is 1. The minimum Gasteiger partial charge on any atom is -0.383 e. The first kappa shape index (κ1) is 15.3. The fourth-order valence-corrected chi connectivity index (χ4v) is 4.14. The Hall–Kier alpha value is -0.120. The molecule has 0 radical (unpaired) electrons. The molecule has 5 atom stereocenters. The van der Waals surface area contributed by atoms with E-state index in [0.717, 1.165) is 25.0 Å². The highest BCUT2D eigenvalue weighted by Crippen LogP contribution is 2.39. The van der Waals surface area contributed by atoms with Gasteiger partial charge in [-0.25, -0.2) is 0 Å². The minimum atomic E-state index is 0.330. The minimum absolute atomic E-state index is 0.330. The van der Waals surface area contributed by atoms with Gasteiger partial charge in [0.15, 0.2) is 0 Å². The molecule has 2 aliphatic carbocycles. The molecule has 0 saturated heterocycles. The Bertz CT molecular complexity index is 268. The van der Waals surface area contributed by atoms with Gasteiger partial charge in [-0.05, 0) is 50.4 Å². The zero-order valence-corrected chi connectivity index (χ0v) is 13.1. The molecular weight excluding hydrogens is 236 g/mol. The summed E-state index contributed by atoms with van der Waals surface area (Å²) in [7, 11) is 1.80. The van der Waals surface area contributed by atoms with Crippen LogP contribution in [0.2, 0.25) is 0 Å². The van der Waals surface area contributed by atoms with E-state index < -0.39 is 0 Å². The summed E-state index contributed by atoms with van der Waals surface area (Å²) in [5, 5.41) is 0. The lowest BCUT2D eigenvalue weighted by atomic mass is 9.75. The Morgan fingerprint density at radius 2 is 1.95 bits per heavy atom. The van der Waals surface area contributed by atoms with Gasteiger partial charge < -0.3 is 10.5 Å². The lowest BCUT2D eigenvalue weighted by Gasteiger charge is -2.47. The molecule has 2 rings (SSSR count). The predicted molar refractivity (Wildman–Crippen MR) is 80.1 cm³/mol. The molecule has 2 saturated carbocycles. The highest BCUT2D eigenvalue weighted by atomic mass is 16.5. The molecule has 3 heteroatoms. The molecule has 19 heavy (non-hydrogen) atoms. The third-order valence-corrected chi connectivity index (χ3v) is 5.23. The van der Waals surface area contributed by atoms with Gasteiger partial charge in [-0.1, -0.05) is 13.8 Å². The summed E-state index contributed by atoms with van der Waals surface area (Å²) in [6, 6.07) is 1.54. The van der Waals surface area contributed by atoms with Crippen LogP contribution in [0.4, 0.5) is 0 Å². The van der Waals surface area contributed by atoms with E-state index in [1.165, 1.54) is 25.7 Å². The van der Waals surface area contributed by atoms with E-state index in [9.17, 15) is 0 Å². The van der Waals surface area contributed by atoms with Crippen molar-refractivity contribution >= 4 is 0 Å². The highest BCUT2D eigenvalue weighted by molar-refractivity contribution is 4.96. The van der Waals surface area contributed by atoms with Crippen molar-refractivity contribution in [2.24, 2.45) is 23.5 Å². The summed E-state index contributed by atoms with van der Waals surface area (Å²) in [6.07, 6.45) is 5.30. The molecule has 0 bridgehead atoms. The van der Waals surface area contributed by atoms with Crippen molar-refractivity contribution < 1.29 is 4.74 Å². The van der Waals surface area contributed by atoms with E-state index in [0.29, 0.717) is 24.0 Å². The average molecular weight is 268 g/mol. The summed E-state index contributed by atoms with van der Waals surface area (Å²) in [4.78, 5) is 2.67. The number of rotatable bonds is 6. The topological polar surface area (TPSA) is 38.5 Å². The average Bonchev–Trinajstić information content (AvgIpc) is 3.15. The van der Waals surface area contributed by atoms with Crippen LogP contribution in [0.15, 0.2) is 0 Å². The molecule has 0 heterocycles. The van der Waals surface area contributed by atoms with Gasteiger partial charge in [0.25, 0.3) is 0 Å². The summed E-state index contributed by atoms with van der Waals surface area (Å²) in [5.74, 6) is 2.38. The molecule has 0 aromatic heterocycles. The van der Waals surface area contributed by atoms with Gasteiger partial charge >= 0.3 is 0 Å². The zero-order chi connectivity index (χ0) is 14.0. The van der Waals surface area contributed by atoms with Gasteiger partial charge in [0.05, 0.1) is 6.61 Å². The van der Waals surface area contributed by atoms with Gasteiger partial charge in [0.1, 0.15) is 0 Å². The summed E-state index contributed by atoms with van der Waals surface area (Å²) >= 11 is 0. The summed E-state index contributed by atoms with van der Waals surface area (Å²) < 4.78 is 5.32. The third kappa shape index (κ3) is 3.71. The van der Waals surface area contributed by atoms with Crippen molar-refractivity contribution in [3.05, 3.63) is 0 Å². The van der Waals surface area contributed by atoms with E-state index in [2.05, 4.69) is 25.7 Å². The van der Waals surface area contributed by atoms with Crippen molar-refractivity contribution in [3.63, 3.8) is 0 Å². The van der Waals surface area contributed by atoms with Crippen LogP contribution in [0.5, 0.6) is 0 Å². The molecule has 112 valence electrons. The Morgan fingerprint density at radius 1 is 1.26 bits per heavy atom. The van der Waals surface area contributed by atoms with Crippen molar-refractivity contribution in [2.45, 2.75) is 64.6 Å². The van der Waals surface area contributed by atoms with E-state index in [-0.39, 0.29) is 0 Å². The molecule has 0 amide bonds. The summed E-state index contributed by atoms with van der Waals surface area (Å²) in [6.45, 7) is 8.98. The standard InChI is InChI=1S/C16H32N2O/c1-11-9-12(2)16(15(17)10-11)18(7-8-19-4)13(3)14-5-6-14/h11-16H,5-10,17H2,1-4H3. The molecule has 5 unspecified atom stereocenters. The molecular formula is C16H32N2O. The molecule has 2 N–H and O–H groups in total. The van der Waals surface area contributed by atoms with Crippen LogP contribution in [0, 0.1) is 17.8 Å². The van der Waals surface area contributed by atoms with Crippen LogP contribution in [0.25, 0.3) is 0 Å². The van der Waals surface area contributed by atoms with E-state index >= 15 is 0 Å². The first-order chi connectivity index (χ1) is 9.04. The zero-order valence-electron chi connectivity index (χ0n) is 13.1. The van der Waals surface area contributed by atoms with Crippen LogP contribution < -0.4 is 5.73 Å². The van der Waals surface area contributed by atoms with Gasteiger partial charge in [-0.2, -0.15) is 0 Å². The second kappa shape index (κ2) is 6.55. The lowest BCUT2D eigenvalue weighted by molar-refractivity contribution is 0.0202. The second-order valence-corrected chi connectivity index (χ2v) is 7.02. The number of methoxy groups -OCH3 is 1. The number of hydrogen-bond donors (Lipinski definition) is 1. The summed E-state index contributed by atoms with van der Waals surface area (Å²) in [5.41, 5.74) is 6.51. The normalized spacial score (nSPS) is 37.6. The molecule has 0 aromatic rings. The maximum atomic E-state index is 6.51. The number of nitrogens with two attached hydrogens (primary N) is 1. The van der Waals surface area contributed by atoms with E-state index in [1.807, 2.05) is 0 Å². The van der Waals surface area contributed by atoms with Crippen molar-refractivity contribution in [1.29, 1.82) is 0 Å². The lowest BCUT2D eigenvalue weighted by Crippen LogP contribution is -2.58. The van der Waals surface area contributed by atoms with Crippen LogP contribution in [0.1, 0.15) is 46.5 Å². The fourth-order valence-electron chi connectivity index (χ4n) is 4.14. The second-order valence-electron chi connectivity index (χ2n) is 7.02. The maximum Gasteiger partial charge on any atom is 0.0589 e.